The molecule has 0 aliphatic rings. The van der Waals surface area contributed by atoms with E-state index < -0.39 is 54.4 Å². The molecule has 0 unspecified atom stereocenters. The summed E-state index contributed by atoms with van der Waals surface area (Å²) in [5.41, 5.74) is 3.65. The van der Waals surface area contributed by atoms with Crippen LogP contribution in [-0.2, 0) is 0 Å². The molecule has 0 spiro atoms. The molecule has 0 bridgehead atoms. The second-order valence-corrected chi connectivity index (χ2v) is 10.6. The van der Waals surface area contributed by atoms with Gasteiger partial charge in [-0.1, -0.05) is 151 Å². The van der Waals surface area contributed by atoms with Crippen LogP contribution in [0.15, 0.2) is 188 Å². The number of nitrogens with zero attached hydrogens (tertiary/aromatic N) is 1. The van der Waals surface area contributed by atoms with Gasteiger partial charge in [0.05, 0.1) is 20.8 Å². The average Bonchev–Trinajstić information content (AvgIpc) is 3.22. The van der Waals surface area contributed by atoms with Crippen LogP contribution >= 0.6 is 0 Å². The fraction of sp³-hybridized carbons (Fsp3) is 0. The summed E-state index contributed by atoms with van der Waals surface area (Å²) < 4.78 is 98.8. The SMILES string of the molecule is [2H]c1c([2H])c(N(c2ccc(-c3ccccc3)cc2)c2c([2H])c([2H])c([2H])c3c([2H])c([2H])c([2H])c([2H])c23)c([2H])c([2H])c1-c1cccc(-c2cccc3ccccc23)c1. The maximum absolute atomic E-state index is 9.47. The first kappa shape index (κ1) is 17.4. The van der Waals surface area contributed by atoms with Crippen LogP contribution in [0.1, 0.15) is 15.1 Å². The van der Waals surface area contributed by atoms with E-state index in [1.807, 2.05) is 84.9 Å². The van der Waals surface area contributed by atoms with Crippen molar-refractivity contribution < 1.29 is 15.1 Å². The summed E-state index contributed by atoms with van der Waals surface area (Å²) in [4.78, 5) is 1.26. The largest absolute Gasteiger partial charge is 0.310 e. The molecular formula is C44H31N. The van der Waals surface area contributed by atoms with Gasteiger partial charge in [0, 0.05) is 16.8 Å². The first-order valence-electron chi connectivity index (χ1n) is 20.0. The lowest BCUT2D eigenvalue weighted by Crippen LogP contribution is -2.10. The Hall–Kier alpha value is -5.92. The Labute approximate surface area is 279 Å². The lowest BCUT2D eigenvalue weighted by atomic mass is 9.95. The summed E-state index contributed by atoms with van der Waals surface area (Å²) in [6.45, 7) is 0. The van der Waals surface area contributed by atoms with Gasteiger partial charge in [-0.15, -0.1) is 0 Å². The Morgan fingerprint density at radius 2 is 1.04 bits per heavy atom. The summed E-state index contributed by atoms with van der Waals surface area (Å²) in [6.07, 6.45) is 0. The van der Waals surface area contributed by atoms with Gasteiger partial charge in [-0.3, -0.25) is 0 Å². The van der Waals surface area contributed by atoms with Crippen molar-refractivity contribution in [3.8, 4) is 33.4 Å². The lowest BCUT2D eigenvalue weighted by molar-refractivity contribution is 1.30. The van der Waals surface area contributed by atoms with Crippen LogP contribution in [0.3, 0.4) is 0 Å². The van der Waals surface area contributed by atoms with E-state index in [0.717, 1.165) is 33.0 Å². The smallest absolute Gasteiger partial charge is 0.0645 e. The quantitative estimate of drug-likeness (QED) is 0.188. The predicted octanol–water partition coefficient (Wildman–Crippen LogP) is 12.5. The summed E-state index contributed by atoms with van der Waals surface area (Å²) in [5.74, 6) is 0. The highest BCUT2D eigenvalue weighted by Crippen LogP contribution is 2.40. The van der Waals surface area contributed by atoms with Crippen molar-refractivity contribution in [2.75, 3.05) is 4.90 Å². The minimum absolute atomic E-state index is 0.0470. The molecule has 8 aromatic carbocycles. The molecule has 45 heavy (non-hydrogen) atoms. The Bertz CT molecular complexity index is 2830. The molecule has 8 rings (SSSR count). The predicted molar refractivity (Wildman–Crippen MR) is 192 cm³/mol. The van der Waals surface area contributed by atoms with Crippen LogP contribution in [0.5, 0.6) is 0 Å². The number of fused-ring (bicyclic) bond motifs is 2. The van der Waals surface area contributed by atoms with Crippen molar-refractivity contribution in [2.45, 2.75) is 0 Å². The summed E-state index contributed by atoms with van der Waals surface area (Å²) in [7, 11) is 0. The van der Waals surface area contributed by atoms with E-state index >= 15 is 0 Å². The second kappa shape index (κ2) is 11.6. The van der Waals surface area contributed by atoms with Gasteiger partial charge >= 0.3 is 0 Å². The van der Waals surface area contributed by atoms with Gasteiger partial charge < -0.3 is 4.90 Å². The third-order valence-electron chi connectivity index (χ3n) is 7.84. The fourth-order valence-electron chi connectivity index (χ4n) is 5.65. The van der Waals surface area contributed by atoms with Crippen LogP contribution in [0.25, 0.3) is 54.9 Å². The van der Waals surface area contributed by atoms with Gasteiger partial charge in [0.1, 0.15) is 0 Å². The minimum atomic E-state index is -0.624. The molecule has 0 radical (unpaired) electrons. The molecule has 0 aliphatic heterocycles. The Morgan fingerprint density at radius 3 is 1.91 bits per heavy atom. The molecule has 0 N–H and O–H groups in total. The van der Waals surface area contributed by atoms with Gasteiger partial charge in [0.15, 0.2) is 0 Å². The third-order valence-corrected chi connectivity index (χ3v) is 7.84. The molecule has 0 atom stereocenters. The van der Waals surface area contributed by atoms with Crippen LogP contribution in [0.4, 0.5) is 17.1 Å². The standard InChI is InChI=1S/C44H31N/c1-2-11-32(12-3-1)33-23-27-39(28-24-33)45(44-22-10-16-36-14-5-7-20-43(36)44)40-29-25-34(26-30-40)37-17-8-18-38(31-37)42-21-9-15-35-13-4-6-19-41(35)42/h1-31H/i5D,7D,10D,14D,16D,20D,22D,25D,26D,29D,30D. The zero-order chi connectivity index (χ0) is 39.6. The van der Waals surface area contributed by atoms with E-state index in [0.29, 0.717) is 5.56 Å². The van der Waals surface area contributed by atoms with Crippen LogP contribution in [0.2, 0.25) is 0 Å². The van der Waals surface area contributed by atoms with E-state index in [1.165, 1.54) is 4.90 Å². The van der Waals surface area contributed by atoms with Crippen molar-refractivity contribution in [2.24, 2.45) is 0 Å². The molecule has 212 valence electrons. The first-order valence-corrected chi connectivity index (χ1v) is 14.5. The second-order valence-electron chi connectivity index (χ2n) is 10.6. The van der Waals surface area contributed by atoms with Crippen molar-refractivity contribution in [3.05, 3.63) is 188 Å². The Kier molecular flexibility index (Phi) is 4.50. The van der Waals surface area contributed by atoms with Crippen molar-refractivity contribution in [1.82, 2.24) is 0 Å². The van der Waals surface area contributed by atoms with Crippen LogP contribution < -0.4 is 4.90 Å². The highest BCUT2D eigenvalue weighted by atomic mass is 15.1. The highest BCUT2D eigenvalue weighted by molar-refractivity contribution is 5.99. The van der Waals surface area contributed by atoms with E-state index in [4.69, 9.17) is 8.22 Å². The van der Waals surface area contributed by atoms with E-state index in [2.05, 4.69) is 0 Å². The molecule has 0 heterocycles. The molecule has 0 saturated heterocycles. The summed E-state index contributed by atoms with van der Waals surface area (Å²) >= 11 is 0. The lowest BCUT2D eigenvalue weighted by Gasteiger charge is -2.27. The summed E-state index contributed by atoms with van der Waals surface area (Å²) in [6, 6.07) is 31.8. The molecule has 0 aromatic heterocycles. The Morgan fingerprint density at radius 1 is 0.378 bits per heavy atom. The molecule has 1 heteroatoms. The zero-order valence-electron chi connectivity index (χ0n) is 35.0. The van der Waals surface area contributed by atoms with Gasteiger partial charge in [-0.2, -0.15) is 0 Å². The Balaban J connectivity index is 1.40. The molecule has 0 aliphatic carbocycles. The zero-order valence-corrected chi connectivity index (χ0v) is 24.0. The number of rotatable bonds is 6. The minimum Gasteiger partial charge on any atom is -0.310 e. The molecule has 0 amide bonds. The van der Waals surface area contributed by atoms with Gasteiger partial charge in [-0.05, 0) is 85.9 Å². The van der Waals surface area contributed by atoms with E-state index in [9.17, 15) is 6.85 Å². The average molecular weight is 585 g/mol. The fourth-order valence-corrected chi connectivity index (χ4v) is 5.65. The molecular weight excluding hydrogens is 542 g/mol. The summed E-state index contributed by atoms with van der Waals surface area (Å²) in [5, 5.41) is 1.51. The van der Waals surface area contributed by atoms with E-state index in [-0.39, 0.29) is 45.5 Å². The van der Waals surface area contributed by atoms with Gasteiger partial charge in [-0.25, -0.2) is 0 Å². The maximum atomic E-state index is 9.47. The normalized spacial score (nSPS) is 14.5. The van der Waals surface area contributed by atoms with Gasteiger partial charge in [0.25, 0.3) is 0 Å². The molecule has 0 saturated carbocycles. The number of hydrogen-bond acceptors (Lipinski definition) is 1. The van der Waals surface area contributed by atoms with Gasteiger partial charge in [0.2, 0.25) is 0 Å². The number of benzene rings is 8. The van der Waals surface area contributed by atoms with Crippen LogP contribution in [-0.4, -0.2) is 0 Å². The third kappa shape index (κ3) is 5.15. The monoisotopic (exact) mass is 584 g/mol. The van der Waals surface area contributed by atoms with Crippen LogP contribution in [0, 0.1) is 0 Å². The molecule has 0 fully saturated rings. The van der Waals surface area contributed by atoms with E-state index in [1.54, 1.807) is 36.4 Å². The van der Waals surface area contributed by atoms with Crippen molar-refractivity contribution in [3.63, 3.8) is 0 Å². The number of anilines is 3. The highest BCUT2D eigenvalue weighted by Gasteiger charge is 2.16. The molecule has 8 aromatic rings. The first-order chi connectivity index (χ1) is 26.9. The van der Waals surface area contributed by atoms with Crippen molar-refractivity contribution >= 4 is 38.6 Å². The number of hydrogen-bond donors (Lipinski definition) is 0. The maximum Gasteiger partial charge on any atom is 0.0645 e. The van der Waals surface area contributed by atoms with Crippen molar-refractivity contribution in [1.29, 1.82) is 0 Å². The topological polar surface area (TPSA) is 3.24 Å². The molecule has 1 nitrogen and oxygen atoms in total.